The molecule has 0 unspecified atom stereocenters. The zero-order valence-corrected chi connectivity index (χ0v) is 12.6. The molecule has 0 saturated heterocycles. The lowest BCUT2D eigenvalue weighted by molar-refractivity contribution is 0.433. The Bertz CT molecular complexity index is 980. The summed E-state index contributed by atoms with van der Waals surface area (Å²) in [5.41, 5.74) is 1.03. The number of fused-ring (bicyclic) bond motifs is 1. The number of aromatic nitrogens is 3. The van der Waals surface area contributed by atoms with E-state index in [1.807, 2.05) is 17.5 Å². The van der Waals surface area contributed by atoms with Crippen LogP contribution >= 0.6 is 22.9 Å². The predicted octanol–water partition coefficient (Wildman–Crippen LogP) is 4.37. The molecule has 4 aromatic rings. The van der Waals surface area contributed by atoms with Gasteiger partial charge in [0.1, 0.15) is 21.8 Å². The van der Waals surface area contributed by atoms with Crippen LogP contribution in [0.5, 0.6) is 5.75 Å². The molecule has 0 aliphatic heterocycles. The number of halogens is 1. The van der Waals surface area contributed by atoms with Crippen molar-refractivity contribution >= 4 is 33.8 Å². The van der Waals surface area contributed by atoms with Crippen molar-refractivity contribution in [2.24, 2.45) is 0 Å². The molecule has 1 N–H and O–H groups in total. The highest BCUT2D eigenvalue weighted by Crippen LogP contribution is 2.33. The average molecular weight is 330 g/mol. The normalized spacial score (nSPS) is 11.1. The van der Waals surface area contributed by atoms with Crippen LogP contribution in [-0.2, 0) is 0 Å². The summed E-state index contributed by atoms with van der Waals surface area (Å²) in [6.07, 6.45) is 0. The second-order valence-corrected chi connectivity index (χ2v) is 5.89. The van der Waals surface area contributed by atoms with Crippen molar-refractivity contribution in [3.63, 3.8) is 0 Å². The molecule has 0 spiro atoms. The summed E-state index contributed by atoms with van der Waals surface area (Å²) < 4.78 is 5.25. The molecule has 0 fully saturated rings. The largest absolute Gasteiger partial charge is 0.506 e. The molecule has 4 rings (SSSR count). The van der Waals surface area contributed by atoms with E-state index >= 15 is 0 Å². The van der Waals surface area contributed by atoms with Crippen molar-refractivity contribution in [3.05, 3.63) is 46.8 Å². The maximum atomic E-state index is 9.89. The van der Waals surface area contributed by atoms with Crippen molar-refractivity contribution in [1.82, 2.24) is 15.1 Å². The Kier molecular flexibility index (Phi) is 3.06. The number of benzene rings is 1. The zero-order chi connectivity index (χ0) is 15.1. The molecule has 5 nitrogen and oxygen atoms in total. The van der Waals surface area contributed by atoms with E-state index in [1.54, 1.807) is 24.3 Å². The van der Waals surface area contributed by atoms with Crippen molar-refractivity contribution in [2.45, 2.75) is 0 Å². The van der Waals surface area contributed by atoms with Gasteiger partial charge in [-0.3, -0.25) is 0 Å². The van der Waals surface area contributed by atoms with Gasteiger partial charge in [0, 0.05) is 5.39 Å². The highest BCUT2D eigenvalue weighted by molar-refractivity contribution is 7.14. The number of hydrogen-bond acceptors (Lipinski definition) is 6. The molecule has 0 aliphatic rings. The van der Waals surface area contributed by atoms with Crippen molar-refractivity contribution in [3.8, 4) is 28.0 Å². The Balaban J connectivity index is 1.81. The molecule has 0 bridgehead atoms. The molecule has 7 heteroatoms. The van der Waals surface area contributed by atoms with Gasteiger partial charge in [0.25, 0.3) is 5.89 Å². The highest BCUT2D eigenvalue weighted by atomic mass is 35.5. The van der Waals surface area contributed by atoms with Crippen molar-refractivity contribution in [2.75, 3.05) is 0 Å². The summed E-state index contributed by atoms with van der Waals surface area (Å²) in [6.45, 7) is 0. The number of aromatic hydroxyl groups is 1. The Morgan fingerprint density at radius 1 is 1.09 bits per heavy atom. The average Bonchev–Trinajstić information content (AvgIpc) is 3.16. The fourth-order valence-corrected chi connectivity index (χ4v) is 3.18. The van der Waals surface area contributed by atoms with Gasteiger partial charge in [-0.2, -0.15) is 4.98 Å². The summed E-state index contributed by atoms with van der Waals surface area (Å²) in [4.78, 5) is 9.45. The van der Waals surface area contributed by atoms with Crippen LogP contribution in [0.15, 0.2) is 46.3 Å². The van der Waals surface area contributed by atoms with Crippen LogP contribution in [0.3, 0.4) is 0 Å². The first-order valence-electron chi connectivity index (χ1n) is 6.38. The van der Waals surface area contributed by atoms with E-state index < -0.39 is 0 Å². The smallest absolute Gasteiger partial charge is 0.269 e. The van der Waals surface area contributed by atoms with Crippen LogP contribution in [0.1, 0.15) is 0 Å². The first-order chi connectivity index (χ1) is 10.7. The van der Waals surface area contributed by atoms with Crippen molar-refractivity contribution in [1.29, 1.82) is 0 Å². The standard InChI is InChI=1S/C15H8ClN3O2S/c16-9-6-7-22-13(9)15-18-14(19-21-15)10-5-4-8-2-1-3-11(20)12(8)17-10/h1-7,20H. The zero-order valence-electron chi connectivity index (χ0n) is 11.0. The molecule has 0 saturated carbocycles. The van der Waals surface area contributed by atoms with Gasteiger partial charge >= 0.3 is 0 Å². The minimum Gasteiger partial charge on any atom is -0.506 e. The van der Waals surface area contributed by atoms with Gasteiger partial charge in [0.15, 0.2) is 0 Å². The third-order valence-corrected chi connectivity index (χ3v) is 4.49. The maximum Gasteiger partial charge on any atom is 0.269 e. The van der Waals surface area contributed by atoms with E-state index in [2.05, 4.69) is 15.1 Å². The molecule has 0 radical (unpaired) electrons. The van der Waals surface area contributed by atoms with E-state index in [1.165, 1.54) is 11.3 Å². The minimum atomic E-state index is 0.115. The van der Waals surface area contributed by atoms with Crippen LogP contribution in [0.4, 0.5) is 0 Å². The molecule has 108 valence electrons. The number of hydrogen-bond donors (Lipinski definition) is 1. The van der Waals surface area contributed by atoms with Crippen LogP contribution in [0.25, 0.3) is 33.2 Å². The third-order valence-electron chi connectivity index (χ3n) is 3.17. The lowest BCUT2D eigenvalue weighted by Crippen LogP contribution is -1.87. The van der Waals surface area contributed by atoms with Crippen molar-refractivity contribution < 1.29 is 9.63 Å². The summed E-state index contributed by atoms with van der Waals surface area (Å²) in [6, 6.07) is 10.6. The summed E-state index contributed by atoms with van der Waals surface area (Å²) in [7, 11) is 0. The number of thiophene rings is 1. The van der Waals surface area contributed by atoms with E-state index in [0.717, 1.165) is 10.3 Å². The molecule has 3 heterocycles. The van der Waals surface area contributed by atoms with E-state index in [9.17, 15) is 5.11 Å². The molecular weight excluding hydrogens is 322 g/mol. The Hall–Kier alpha value is -2.44. The quantitative estimate of drug-likeness (QED) is 0.591. The highest BCUT2D eigenvalue weighted by Gasteiger charge is 2.16. The topological polar surface area (TPSA) is 72.0 Å². The van der Waals surface area contributed by atoms with Gasteiger partial charge in [-0.1, -0.05) is 35.0 Å². The SMILES string of the molecule is Oc1cccc2ccc(-c3noc(-c4sccc4Cl)n3)nc12. The maximum absolute atomic E-state index is 9.89. The van der Waals surface area contributed by atoms with Gasteiger partial charge in [0.05, 0.1) is 5.02 Å². The van der Waals surface area contributed by atoms with Gasteiger partial charge in [0.2, 0.25) is 5.82 Å². The summed E-state index contributed by atoms with van der Waals surface area (Å²) >= 11 is 7.49. The Morgan fingerprint density at radius 2 is 2.00 bits per heavy atom. The van der Waals surface area contributed by atoms with Crippen LogP contribution in [0, 0.1) is 0 Å². The fraction of sp³-hybridized carbons (Fsp3) is 0. The Labute approximate surface area is 133 Å². The minimum absolute atomic E-state index is 0.115. The number of para-hydroxylation sites is 1. The molecule has 22 heavy (non-hydrogen) atoms. The Morgan fingerprint density at radius 3 is 2.82 bits per heavy atom. The molecular formula is C15H8ClN3O2S. The second-order valence-electron chi connectivity index (χ2n) is 4.57. The second kappa shape index (κ2) is 5.08. The monoisotopic (exact) mass is 329 g/mol. The molecule has 0 amide bonds. The fourth-order valence-electron chi connectivity index (χ4n) is 2.12. The number of pyridine rings is 1. The van der Waals surface area contributed by atoms with E-state index in [-0.39, 0.29) is 5.75 Å². The van der Waals surface area contributed by atoms with Gasteiger partial charge in [-0.05, 0) is 23.6 Å². The number of nitrogens with zero attached hydrogens (tertiary/aromatic N) is 3. The van der Waals surface area contributed by atoms with Crippen LogP contribution < -0.4 is 0 Å². The summed E-state index contributed by atoms with van der Waals surface area (Å²) in [5, 5.41) is 17.1. The first kappa shape index (κ1) is 13.2. The number of rotatable bonds is 2. The lowest BCUT2D eigenvalue weighted by atomic mass is 10.2. The van der Waals surface area contributed by atoms with Gasteiger partial charge < -0.3 is 9.63 Å². The van der Waals surface area contributed by atoms with Crippen LogP contribution in [-0.4, -0.2) is 20.2 Å². The molecule has 3 aromatic heterocycles. The predicted molar refractivity (Wildman–Crippen MR) is 85.0 cm³/mol. The molecule has 0 atom stereocenters. The van der Waals surface area contributed by atoms with E-state index in [0.29, 0.717) is 27.9 Å². The molecule has 1 aromatic carbocycles. The lowest BCUT2D eigenvalue weighted by Gasteiger charge is -2.01. The summed E-state index contributed by atoms with van der Waals surface area (Å²) in [5.74, 6) is 0.822. The molecule has 0 aliphatic carbocycles. The number of phenolic OH excluding ortho intramolecular Hbond substituents is 1. The van der Waals surface area contributed by atoms with Gasteiger partial charge in [-0.25, -0.2) is 4.98 Å². The first-order valence-corrected chi connectivity index (χ1v) is 7.64. The van der Waals surface area contributed by atoms with Crippen LogP contribution in [0.2, 0.25) is 5.02 Å². The van der Waals surface area contributed by atoms with E-state index in [4.69, 9.17) is 16.1 Å². The third kappa shape index (κ3) is 2.13. The number of phenols is 1. The van der Waals surface area contributed by atoms with Gasteiger partial charge in [-0.15, -0.1) is 11.3 Å².